The Morgan fingerprint density at radius 3 is 2.68 bits per heavy atom. The lowest BCUT2D eigenvalue weighted by Crippen LogP contribution is -2.37. The van der Waals surface area contributed by atoms with Gasteiger partial charge < -0.3 is 5.32 Å². The second-order valence-corrected chi connectivity index (χ2v) is 6.41. The Kier molecular flexibility index (Phi) is 6.41. The second kappa shape index (κ2) is 7.57. The number of hydrogen-bond donors (Lipinski definition) is 1. The molecule has 0 saturated heterocycles. The van der Waals surface area contributed by atoms with Crippen LogP contribution in [-0.4, -0.2) is 18.3 Å². The molecular weight excluding hydrogens is 252 g/mol. The van der Waals surface area contributed by atoms with Gasteiger partial charge in [0.15, 0.2) is 0 Å². The topological polar surface area (TPSA) is 35.8 Å². The van der Waals surface area contributed by atoms with E-state index in [-0.39, 0.29) is 5.54 Å². The monoisotopic (exact) mass is 276 g/mol. The normalized spacial score (nSPS) is 13.8. The molecule has 1 aromatic rings. The minimum atomic E-state index is -0.371. The number of benzene rings is 1. The van der Waals surface area contributed by atoms with Crippen molar-refractivity contribution in [2.45, 2.75) is 50.5 Å². The molecule has 0 heterocycles. The number of nitriles is 1. The molecule has 0 saturated carbocycles. The van der Waals surface area contributed by atoms with Crippen molar-refractivity contribution in [1.82, 2.24) is 5.32 Å². The van der Waals surface area contributed by atoms with Crippen molar-refractivity contribution in [3.63, 3.8) is 0 Å². The molecule has 0 fully saturated rings. The van der Waals surface area contributed by atoms with Gasteiger partial charge in [0.1, 0.15) is 5.54 Å². The van der Waals surface area contributed by atoms with Crippen molar-refractivity contribution in [3.8, 4) is 6.07 Å². The summed E-state index contributed by atoms with van der Waals surface area (Å²) in [6.45, 7) is 6.26. The van der Waals surface area contributed by atoms with E-state index in [2.05, 4.69) is 43.4 Å². The van der Waals surface area contributed by atoms with Crippen LogP contribution in [0.25, 0.3) is 0 Å². The fourth-order valence-corrected chi connectivity index (χ4v) is 3.00. The Labute approximate surface area is 121 Å². The molecule has 0 aromatic heterocycles. The first-order valence-corrected chi connectivity index (χ1v) is 7.79. The van der Waals surface area contributed by atoms with Crippen LogP contribution in [0.4, 0.5) is 0 Å². The number of aryl methyl sites for hydroxylation is 2. The van der Waals surface area contributed by atoms with Crippen molar-refractivity contribution in [3.05, 3.63) is 29.3 Å². The summed E-state index contributed by atoms with van der Waals surface area (Å²) in [5, 5.41) is 12.2. The van der Waals surface area contributed by atoms with Crippen LogP contribution >= 0.6 is 11.8 Å². The summed E-state index contributed by atoms with van der Waals surface area (Å²) >= 11 is 1.92. The van der Waals surface area contributed by atoms with Crippen molar-refractivity contribution >= 4 is 11.8 Å². The highest BCUT2D eigenvalue weighted by Gasteiger charge is 2.19. The Morgan fingerprint density at radius 2 is 2.05 bits per heavy atom. The van der Waals surface area contributed by atoms with Gasteiger partial charge in [-0.2, -0.15) is 5.26 Å². The number of nitrogens with one attached hydrogen (secondary N) is 1. The fourth-order valence-electron chi connectivity index (χ4n) is 1.86. The highest BCUT2D eigenvalue weighted by molar-refractivity contribution is 7.99. The number of thioether (sulfide) groups is 1. The lowest BCUT2D eigenvalue weighted by molar-refractivity contribution is 0.439. The van der Waals surface area contributed by atoms with Gasteiger partial charge in [0.05, 0.1) is 6.07 Å². The molecule has 104 valence electrons. The van der Waals surface area contributed by atoms with Gasteiger partial charge in [-0.05, 0) is 64.5 Å². The molecule has 0 amide bonds. The van der Waals surface area contributed by atoms with Crippen LogP contribution in [0.1, 0.15) is 37.3 Å². The summed E-state index contributed by atoms with van der Waals surface area (Å²) in [7, 11) is 1.86. The SMILES string of the molecule is CNC(C)(C#N)CCCCSc1cc(C)ccc1C. The molecule has 1 rings (SSSR count). The number of unbranched alkanes of at least 4 members (excludes halogenated alkanes) is 1. The highest BCUT2D eigenvalue weighted by Crippen LogP contribution is 2.25. The van der Waals surface area contributed by atoms with Gasteiger partial charge in [0, 0.05) is 4.90 Å². The lowest BCUT2D eigenvalue weighted by atomic mass is 9.97. The third kappa shape index (κ3) is 5.26. The molecule has 0 bridgehead atoms. The van der Waals surface area contributed by atoms with Gasteiger partial charge in [-0.25, -0.2) is 0 Å². The zero-order valence-electron chi connectivity index (χ0n) is 12.4. The first kappa shape index (κ1) is 16.1. The summed E-state index contributed by atoms with van der Waals surface area (Å²) in [6, 6.07) is 8.94. The largest absolute Gasteiger partial charge is 0.303 e. The predicted molar refractivity (Wildman–Crippen MR) is 83.6 cm³/mol. The van der Waals surface area contributed by atoms with Crippen LogP contribution in [0.5, 0.6) is 0 Å². The molecule has 0 spiro atoms. The molecule has 0 aliphatic carbocycles. The van der Waals surface area contributed by atoms with E-state index in [1.165, 1.54) is 16.0 Å². The van der Waals surface area contributed by atoms with Crippen molar-refractivity contribution in [2.75, 3.05) is 12.8 Å². The molecule has 1 atom stereocenters. The summed E-state index contributed by atoms with van der Waals surface area (Å²) in [5.41, 5.74) is 2.30. The van der Waals surface area contributed by atoms with E-state index in [4.69, 9.17) is 5.26 Å². The molecule has 19 heavy (non-hydrogen) atoms. The van der Waals surface area contributed by atoms with E-state index in [1.54, 1.807) is 0 Å². The van der Waals surface area contributed by atoms with Crippen molar-refractivity contribution in [2.24, 2.45) is 0 Å². The van der Waals surface area contributed by atoms with Crippen molar-refractivity contribution < 1.29 is 0 Å². The maximum atomic E-state index is 9.07. The maximum Gasteiger partial charge on any atom is 0.103 e. The Balaban J connectivity index is 2.32. The number of hydrogen-bond acceptors (Lipinski definition) is 3. The summed E-state index contributed by atoms with van der Waals surface area (Å²) in [4.78, 5) is 1.39. The highest BCUT2D eigenvalue weighted by atomic mass is 32.2. The Morgan fingerprint density at radius 1 is 1.32 bits per heavy atom. The summed E-state index contributed by atoms with van der Waals surface area (Å²) in [5.74, 6) is 1.12. The first-order valence-electron chi connectivity index (χ1n) is 6.81. The van der Waals surface area contributed by atoms with Gasteiger partial charge in [0.2, 0.25) is 0 Å². The van der Waals surface area contributed by atoms with E-state index < -0.39 is 0 Å². The molecule has 0 aliphatic heterocycles. The molecule has 1 unspecified atom stereocenters. The van der Waals surface area contributed by atoms with Gasteiger partial charge in [-0.15, -0.1) is 11.8 Å². The average molecular weight is 276 g/mol. The smallest absolute Gasteiger partial charge is 0.103 e. The van der Waals surface area contributed by atoms with Crippen LogP contribution in [0.3, 0.4) is 0 Å². The first-order chi connectivity index (χ1) is 9.00. The zero-order valence-corrected chi connectivity index (χ0v) is 13.2. The average Bonchev–Trinajstić information content (AvgIpc) is 2.42. The molecule has 0 radical (unpaired) electrons. The molecule has 2 nitrogen and oxygen atoms in total. The third-order valence-corrected chi connectivity index (χ3v) is 4.71. The zero-order chi connectivity index (χ0) is 14.3. The van der Waals surface area contributed by atoms with Crippen molar-refractivity contribution in [1.29, 1.82) is 5.26 Å². The van der Waals surface area contributed by atoms with E-state index >= 15 is 0 Å². The van der Waals surface area contributed by atoms with E-state index in [0.717, 1.165) is 25.0 Å². The fraction of sp³-hybridized carbons (Fsp3) is 0.562. The van der Waals surface area contributed by atoms with Gasteiger partial charge in [-0.3, -0.25) is 0 Å². The molecule has 1 N–H and O–H groups in total. The summed E-state index contributed by atoms with van der Waals surface area (Å²) < 4.78 is 0. The predicted octanol–water partition coefficient (Wildman–Crippen LogP) is 4.07. The minimum absolute atomic E-state index is 0.371. The minimum Gasteiger partial charge on any atom is -0.303 e. The van der Waals surface area contributed by atoms with Gasteiger partial charge in [-0.1, -0.05) is 17.7 Å². The van der Waals surface area contributed by atoms with E-state index in [9.17, 15) is 0 Å². The molecular formula is C16H24N2S. The Bertz CT molecular complexity index is 451. The number of rotatable bonds is 7. The summed E-state index contributed by atoms with van der Waals surface area (Å²) in [6.07, 6.45) is 3.15. The third-order valence-electron chi connectivity index (χ3n) is 3.47. The van der Waals surface area contributed by atoms with E-state index in [0.29, 0.717) is 0 Å². The molecule has 1 aromatic carbocycles. The van der Waals surface area contributed by atoms with Gasteiger partial charge in [0.25, 0.3) is 0 Å². The van der Waals surface area contributed by atoms with Crippen LogP contribution in [0.2, 0.25) is 0 Å². The van der Waals surface area contributed by atoms with Crippen LogP contribution < -0.4 is 5.32 Å². The standard InChI is InChI=1S/C16H24N2S/c1-13-7-8-14(2)15(11-13)19-10-6-5-9-16(3,12-17)18-4/h7-8,11,18H,5-6,9-10H2,1-4H3. The lowest BCUT2D eigenvalue weighted by Gasteiger charge is -2.20. The van der Waals surface area contributed by atoms with Crippen LogP contribution in [-0.2, 0) is 0 Å². The maximum absolute atomic E-state index is 9.07. The second-order valence-electron chi connectivity index (χ2n) is 5.27. The van der Waals surface area contributed by atoms with Crippen LogP contribution in [0, 0.1) is 25.2 Å². The molecule has 0 aliphatic rings. The van der Waals surface area contributed by atoms with Gasteiger partial charge >= 0.3 is 0 Å². The van der Waals surface area contributed by atoms with E-state index in [1.807, 2.05) is 25.7 Å². The quantitative estimate of drug-likeness (QED) is 0.602. The van der Waals surface area contributed by atoms with Crippen LogP contribution in [0.15, 0.2) is 23.1 Å². The number of nitrogens with zero attached hydrogens (tertiary/aromatic N) is 1. The Hall–Kier alpha value is -0.980. The molecule has 3 heteroatoms.